The molecule has 0 aliphatic rings. The van der Waals surface area contributed by atoms with Gasteiger partial charge >= 0.3 is 6.03 Å². The van der Waals surface area contributed by atoms with Crippen LogP contribution >= 0.6 is 0 Å². The Bertz CT molecular complexity index is 552. The largest absolute Gasteiger partial charge is 0.383 e. The summed E-state index contributed by atoms with van der Waals surface area (Å²) in [5, 5.41) is 9.74. The van der Waals surface area contributed by atoms with Crippen LogP contribution in [0.2, 0.25) is 0 Å². The van der Waals surface area contributed by atoms with Crippen molar-refractivity contribution in [1.29, 1.82) is 0 Å². The van der Waals surface area contributed by atoms with E-state index in [0.717, 1.165) is 11.3 Å². The molecule has 0 aliphatic carbocycles. The lowest BCUT2D eigenvalue weighted by Gasteiger charge is -2.13. The Hall–Kier alpha value is -2.34. The van der Waals surface area contributed by atoms with E-state index in [2.05, 4.69) is 15.7 Å². The summed E-state index contributed by atoms with van der Waals surface area (Å²) in [6.45, 7) is 3.08. The van der Waals surface area contributed by atoms with E-state index in [1.807, 2.05) is 48.1 Å². The minimum Gasteiger partial charge on any atom is -0.383 e. The average Bonchev–Trinajstić information content (AvgIpc) is 2.94. The summed E-state index contributed by atoms with van der Waals surface area (Å²) in [5.74, 6) is 0. The molecule has 6 nitrogen and oxygen atoms in total. The van der Waals surface area contributed by atoms with Crippen molar-refractivity contribution in [3.8, 4) is 0 Å². The number of urea groups is 1. The highest BCUT2D eigenvalue weighted by Crippen LogP contribution is 2.10. The fourth-order valence-corrected chi connectivity index (χ4v) is 1.96. The maximum atomic E-state index is 11.7. The van der Waals surface area contributed by atoms with Crippen molar-refractivity contribution in [2.45, 2.75) is 19.5 Å². The van der Waals surface area contributed by atoms with Gasteiger partial charge < -0.3 is 15.4 Å². The molecule has 1 aromatic carbocycles. The minimum atomic E-state index is -0.237. The zero-order chi connectivity index (χ0) is 15.1. The maximum Gasteiger partial charge on any atom is 0.319 e. The third kappa shape index (κ3) is 4.92. The fourth-order valence-electron chi connectivity index (χ4n) is 1.96. The first-order valence-corrected chi connectivity index (χ1v) is 6.80. The van der Waals surface area contributed by atoms with Crippen LogP contribution < -0.4 is 10.6 Å². The van der Waals surface area contributed by atoms with Crippen LogP contribution in [0.3, 0.4) is 0 Å². The summed E-state index contributed by atoms with van der Waals surface area (Å²) in [6, 6.07) is 9.31. The van der Waals surface area contributed by atoms with Gasteiger partial charge in [-0.15, -0.1) is 0 Å². The van der Waals surface area contributed by atoms with E-state index >= 15 is 0 Å². The number of aromatic nitrogens is 2. The zero-order valence-corrected chi connectivity index (χ0v) is 12.2. The van der Waals surface area contributed by atoms with Gasteiger partial charge in [-0.1, -0.05) is 12.1 Å². The molecule has 0 spiro atoms. The molecule has 0 saturated carbocycles. The Morgan fingerprint density at radius 2 is 2.14 bits per heavy atom. The van der Waals surface area contributed by atoms with E-state index in [0.29, 0.717) is 13.2 Å². The average molecular weight is 288 g/mol. The topological polar surface area (TPSA) is 68.2 Å². The summed E-state index contributed by atoms with van der Waals surface area (Å²) in [4.78, 5) is 11.7. The molecule has 0 radical (unpaired) electrons. The molecule has 6 heteroatoms. The second kappa shape index (κ2) is 7.44. The number of hydrogen-bond donors (Lipinski definition) is 2. The van der Waals surface area contributed by atoms with Crippen LogP contribution in [0.25, 0.3) is 0 Å². The van der Waals surface area contributed by atoms with Crippen LogP contribution in [0, 0.1) is 0 Å². The van der Waals surface area contributed by atoms with Crippen molar-refractivity contribution in [3.63, 3.8) is 0 Å². The van der Waals surface area contributed by atoms with Gasteiger partial charge in [0.2, 0.25) is 0 Å². The van der Waals surface area contributed by atoms with Gasteiger partial charge in [-0.3, -0.25) is 4.68 Å². The van der Waals surface area contributed by atoms with E-state index in [9.17, 15) is 4.79 Å². The van der Waals surface area contributed by atoms with Crippen molar-refractivity contribution in [2.75, 3.05) is 19.0 Å². The summed E-state index contributed by atoms with van der Waals surface area (Å²) >= 11 is 0. The van der Waals surface area contributed by atoms with Crippen molar-refractivity contribution in [3.05, 3.63) is 48.3 Å². The Morgan fingerprint density at radius 1 is 1.38 bits per heavy atom. The number of anilines is 1. The normalized spacial score (nSPS) is 11.9. The van der Waals surface area contributed by atoms with Crippen LogP contribution in [0.4, 0.5) is 10.5 Å². The van der Waals surface area contributed by atoms with Crippen LogP contribution in [0.1, 0.15) is 12.5 Å². The lowest BCUT2D eigenvalue weighted by atomic mass is 10.2. The number of hydrogen-bond acceptors (Lipinski definition) is 3. The fraction of sp³-hybridized carbons (Fsp3) is 0.333. The molecule has 1 atom stereocenters. The second-order valence-electron chi connectivity index (χ2n) is 4.86. The Balaban J connectivity index is 1.86. The number of amides is 2. The molecule has 112 valence electrons. The van der Waals surface area contributed by atoms with E-state index in [4.69, 9.17) is 4.74 Å². The predicted molar refractivity (Wildman–Crippen MR) is 81.3 cm³/mol. The number of ether oxygens (including phenoxy) is 1. The minimum absolute atomic E-state index is 0.0333. The van der Waals surface area contributed by atoms with Gasteiger partial charge in [0, 0.05) is 25.2 Å². The molecule has 0 unspecified atom stereocenters. The van der Waals surface area contributed by atoms with Crippen LogP contribution in [0.15, 0.2) is 42.7 Å². The third-order valence-electron chi connectivity index (χ3n) is 2.91. The predicted octanol–water partition coefficient (Wildman–Crippen LogP) is 2.09. The zero-order valence-electron chi connectivity index (χ0n) is 12.2. The molecule has 0 aliphatic heterocycles. The second-order valence-corrected chi connectivity index (χ2v) is 4.86. The van der Waals surface area contributed by atoms with E-state index < -0.39 is 0 Å². The van der Waals surface area contributed by atoms with Crippen molar-refractivity contribution in [1.82, 2.24) is 15.1 Å². The van der Waals surface area contributed by atoms with Gasteiger partial charge in [0.05, 0.1) is 19.2 Å². The van der Waals surface area contributed by atoms with Gasteiger partial charge in [-0.2, -0.15) is 5.10 Å². The molecule has 1 aromatic heterocycles. The number of benzene rings is 1. The molecule has 2 aromatic rings. The van der Waals surface area contributed by atoms with Crippen LogP contribution in [-0.4, -0.2) is 35.6 Å². The number of rotatable bonds is 6. The molecule has 2 rings (SSSR count). The highest BCUT2D eigenvalue weighted by atomic mass is 16.5. The Kier molecular flexibility index (Phi) is 5.34. The first-order valence-electron chi connectivity index (χ1n) is 6.80. The number of carbonyl (C=O) groups excluding carboxylic acids is 1. The molecule has 2 amide bonds. The summed E-state index contributed by atoms with van der Waals surface area (Å²) in [7, 11) is 1.61. The molecular weight excluding hydrogens is 268 g/mol. The van der Waals surface area contributed by atoms with E-state index in [1.54, 1.807) is 13.3 Å². The SMILES string of the molecule is COC[C@H](C)NC(=O)Nc1ccc(Cn2cccn2)cc1. The molecule has 2 N–H and O–H groups in total. The van der Waals surface area contributed by atoms with Crippen molar-refractivity contribution >= 4 is 11.7 Å². The lowest BCUT2D eigenvalue weighted by Crippen LogP contribution is -2.38. The summed E-state index contributed by atoms with van der Waals surface area (Å²) < 4.78 is 6.82. The van der Waals surface area contributed by atoms with Crippen LogP contribution in [0.5, 0.6) is 0 Å². The number of methoxy groups -OCH3 is 1. The van der Waals surface area contributed by atoms with Gasteiger partial charge in [0.15, 0.2) is 0 Å². The lowest BCUT2D eigenvalue weighted by molar-refractivity contribution is 0.173. The summed E-state index contributed by atoms with van der Waals surface area (Å²) in [5.41, 5.74) is 1.87. The molecule has 0 fully saturated rings. The first-order chi connectivity index (χ1) is 10.2. The number of nitrogens with zero attached hydrogens (tertiary/aromatic N) is 2. The quantitative estimate of drug-likeness (QED) is 0.855. The number of nitrogens with one attached hydrogen (secondary N) is 2. The molecule has 0 saturated heterocycles. The highest BCUT2D eigenvalue weighted by Gasteiger charge is 2.06. The van der Waals surface area contributed by atoms with E-state index in [-0.39, 0.29) is 12.1 Å². The van der Waals surface area contributed by atoms with E-state index in [1.165, 1.54) is 0 Å². The van der Waals surface area contributed by atoms with Crippen LogP contribution in [-0.2, 0) is 11.3 Å². The molecule has 21 heavy (non-hydrogen) atoms. The molecular formula is C15H20N4O2. The van der Waals surface area contributed by atoms with Gasteiger partial charge in [-0.05, 0) is 30.7 Å². The standard InChI is InChI=1S/C15H20N4O2/c1-12(11-21-2)17-15(20)18-14-6-4-13(5-7-14)10-19-9-3-8-16-19/h3-9,12H,10-11H2,1-2H3,(H2,17,18,20)/t12-/m0/s1. The maximum absolute atomic E-state index is 11.7. The summed E-state index contributed by atoms with van der Waals surface area (Å²) in [6.07, 6.45) is 3.66. The highest BCUT2D eigenvalue weighted by molar-refractivity contribution is 5.89. The Labute approximate surface area is 124 Å². The Morgan fingerprint density at radius 3 is 2.76 bits per heavy atom. The first kappa shape index (κ1) is 15.1. The van der Waals surface area contributed by atoms with Gasteiger partial charge in [-0.25, -0.2) is 4.79 Å². The smallest absolute Gasteiger partial charge is 0.319 e. The number of carbonyl (C=O) groups is 1. The van der Waals surface area contributed by atoms with Gasteiger partial charge in [0.25, 0.3) is 0 Å². The van der Waals surface area contributed by atoms with Crippen molar-refractivity contribution < 1.29 is 9.53 Å². The monoisotopic (exact) mass is 288 g/mol. The molecule has 1 heterocycles. The van der Waals surface area contributed by atoms with Gasteiger partial charge in [0.1, 0.15) is 0 Å². The van der Waals surface area contributed by atoms with Crippen molar-refractivity contribution in [2.24, 2.45) is 0 Å². The molecule has 0 bridgehead atoms. The third-order valence-corrected chi connectivity index (χ3v) is 2.91.